The summed E-state index contributed by atoms with van der Waals surface area (Å²) in [5.41, 5.74) is 2.64. The highest BCUT2D eigenvalue weighted by molar-refractivity contribution is 5.46. The summed E-state index contributed by atoms with van der Waals surface area (Å²) in [6.45, 7) is 0.676. The molecule has 2 aromatic rings. The van der Waals surface area contributed by atoms with Crippen LogP contribution in [0.2, 0.25) is 0 Å². The molecule has 3 nitrogen and oxygen atoms in total. The van der Waals surface area contributed by atoms with E-state index in [1.54, 1.807) is 12.4 Å². The van der Waals surface area contributed by atoms with Crippen LogP contribution in [0.3, 0.4) is 0 Å². The minimum absolute atomic E-state index is 0.676. The Balaban J connectivity index is 1.65. The molecular formula is C17H21N3. The van der Waals surface area contributed by atoms with Gasteiger partial charge in [0, 0.05) is 18.1 Å². The molecule has 0 spiro atoms. The Labute approximate surface area is 120 Å². The first kappa shape index (κ1) is 13.1. The molecule has 0 aliphatic heterocycles. The molecule has 0 unspecified atom stereocenters. The van der Waals surface area contributed by atoms with Crippen molar-refractivity contribution in [2.24, 2.45) is 0 Å². The van der Waals surface area contributed by atoms with Gasteiger partial charge in [0.1, 0.15) is 5.82 Å². The van der Waals surface area contributed by atoms with Gasteiger partial charge in [0.05, 0.1) is 6.54 Å². The highest BCUT2D eigenvalue weighted by Crippen LogP contribution is 2.33. The van der Waals surface area contributed by atoms with E-state index in [0.29, 0.717) is 6.54 Å². The fourth-order valence-corrected chi connectivity index (χ4v) is 2.94. The number of aromatic nitrogens is 2. The van der Waals surface area contributed by atoms with Crippen molar-refractivity contribution in [2.45, 2.75) is 44.6 Å². The third kappa shape index (κ3) is 3.35. The summed E-state index contributed by atoms with van der Waals surface area (Å²) in [7, 11) is 0. The lowest BCUT2D eigenvalue weighted by atomic mass is 9.84. The second kappa shape index (κ2) is 6.51. The van der Waals surface area contributed by atoms with Crippen LogP contribution < -0.4 is 5.32 Å². The van der Waals surface area contributed by atoms with Crippen LogP contribution in [-0.4, -0.2) is 9.97 Å². The smallest absolute Gasteiger partial charge is 0.147 e. The van der Waals surface area contributed by atoms with Crippen LogP contribution in [0, 0.1) is 0 Å². The number of anilines is 1. The maximum atomic E-state index is 4.23. The summed E-state index contributed by atoms with van der Waals surface area (Å²) in [4.78, 5) is 8.46. The first-order chi connectivity index (χ1) is 9.92. The summed E-state index contributed by atoms with van der Waals surface area (Å²) in [5.74, 6) is 1.58. The first-order valence-corrected chi connectivity index (χ1v) is 7.51. The van der Waals surface area contributed by atoms with E-state index in [9.17, 15) is 0 Å². The second-order valence-corrected chi connectivity index (χ2v) is 5.48. The number of nitrogens with one attached hydrogen (secondary N) is 1. The molecule has 3 rings (SSSR count). The predicted octanol–water partition coefficient (Wildman–Crippen LogP) is 4.14. The molecule has 104 valence electrons. The molecule has 1 aliphatic carbocycles. The molecule has 1 aliphatic rings. The van der Waals surface area contributed by atoms with Gasteiger partial charge in [0.2, 0.25) is 0 Å². The van der Waals surface area contributed by atoms with Crippen molar-refractivity contribution in [2.75, 3.05) is 5.32 Å². The first-order valence-electron chi connectivity index (χ1n) is 7.51. The van der Waals surface area contributed by atoms with E-state index < -0.39 is 0 Å². The maximum absolute atomic E-state index is 4.23. The van der Waals surface area contributed by atoms with E-state index in [2.05, 4.69) is 39.6 Å². The predicted molar refractivity (Wildman–Crippen MR) is 81.6 cm³/mol. The molecule has 1 N–H and O–H groups in total. The van der Waals surface area contributed by atoms with E-state index in [1.165, 1.54) is 43.4 Å². The zero-order valence-electron chi connectivity index (χ0n) is 11.8. The summed E-state index contributed by atoms with van der Waals surface area (Å²) in [5, 5.41) is 3.42. The minimum Gasteiger partial charge on any atom is -0.378 e. The minimum atomic E-state index is 0.676. The summed E-state index contributed by atoms with van der Waals surface area (Å²) in [6, 6.07) is 10.7. The highest BCUT2D eigenvalue weighted by atomic mass is 15.0. The van der Waals surface area contributed by atoms with Crippen LogP contribution in [-0.2, 0) is 6.54 Å². The van der Waals surface area contributed by atoms with Crippen molar-refractivity contribution in [3.63, 3.8) is 0 Å². The number of hydrogen-bond acceptors (Lipinski definition) is 3. The van der Waals surface area contributed by atoms with E-state index in [1.807, 2.05) is 6.07 Å². The zero-order valence-corrected chi connectivity index (χ0v) is 11.8. The van der Waals surface area contributed by atoms with Crippen LogP contribution in [0.25, 0.3) is 0 Å². The Bertz CT molecular complexity index is 533. The molecule has 0 atom stereocenters. The van der Waals surface area contributed by atoms with Crippen molar-refractivity contribution in [1.82, 2.24) is 9.97 Å². The molecule has 0 amide bonds. The molecule has 0 bridgehead atoms. The SMILES string of the molecule is c1cnc(CNc2cccc(C3CCCCC3)c2)nc1. The normalized spacial score (nSPS) is 16.0. The van der Waals surface area contributed by atoms with Gasteiger partial charge >= 0.3 is 0 Å². The van der Waals surface area contributed by atoms with Crippen LogP contribution in [0.1, 0.15) is 49.4 Å². The van der Waals surface area contributed by atoms with E-state index >= 15 is 0 Å². The van der Waals surface area contributed by atoms with Crippen molar-refractivity contribution < 1.29 is 0 Å². The van der Waals surface area contributed by atoms with Crippen molar-refractivity contribution in [3.05, 3.63) is 54.1 Å². The van der Waals surface area contributed by atoms with E-state index in [0.717, 1.165) is 11.7 Å². The summed E-state index contributed by atoms with van der Waals surface area (Å²) in [6.07, 6.45) is 10.4. The third-order valence-corrected chi connectivity index (χ3v) is 4.03. The number of nitrogens with zero attached hydrogens (tertiary/aromatic N) is 2. The quantitative estimate of drug-likeness (QED) is 0.904. The maximum Gasteiger partial charge on any atom is 0.147 e. The largest absolute Gasteiger partial charge is 0.378 e. The molecule has 1 fully saturated rings. The van der Waals surface area contributed by atoms with E-state index in [-0.39, 0.29) is 0 Å². The summed E-state index contributed by atoms with van der Waals surface area (Å²) < 4.78 is 0. The van der Waals surface area contributed by atoms with Crippen molar-refractivity contribution in [1.29, 1.82) is 0 Å². The Morgan fingerprint density at radius 3 is 2.60 bits per heavy atom. The lowest BCUT2D eigenvalue weighted by molar-refractivity contribution is 0.443. The molecule has 1 aromatic carbocycles. The molecule has 0 saturated heterocycles. The van der Waals surface area contributed by atoms with Gasteiger partial charge in [-0.05, 0) is 42.5 Å². The van der Waals surface area contributed by atoms with Crippen molar-refractivity contribution >= 4 is 5.69 Å². The average Bonchev–Trinajstić information content (AvgIpc) is 2.55. The Morgan fingerprint density at radius 1 is 1.00 bits per heavy atom. The van der Waals surface area contributed by atoms with Crippen LogP contribution in [0.15, 0.2) is 42.7 Å². The van der Waals surface area contributed by atoms with Gasteiger partial charge in [0.25, 0.3) is 0 Å². The van der Waals surface area contributed by atoms with E-state index in [4.69, 9.17) is 0 Å². The Kier molecular flexibility index (Phi) is 4.26. The molecular weight excluding hydrogens is 246 g/mol. The molecule has 1 heterocycles. The number of hydrogen-bond donors (Lipinski definition) is 1. The fraction of sp³-hybridized carbons (Fsp3) is 0.412. The zero-order chi connectivity index (χ0) is 13.6. The van der Waals surface area contributed by atoms with Gasteiger partial charge in [0.15, 0.2) is 0 Å². The highest BCUT2D eigenvalue weighted by Gasteiger charge is 2.15. The van der Waals surface area contributed by atoms with Gasteiger partial charge in [-0.2, -0.15) is 0 Å². The lowest BCUT2D eigenvalue weighted by Gasteiger charge is -2.22. The number of rotatable bonds is 4. The molecule has 0 radical (unpaired) electrons. The molecule has 3 heteroatoms. The van der Waals surface area contributed by atoms with Crippen LogP contribution >= 0.6 is 0 Å². The van der Waals surface area contributed by atoms with Gasteiger partial charge in [-0.15, -0.1) is 0 Å². The second-order valence-electron chi connectivity index (χ2n) is 5.48. The van der Waals surface area contributed by atoms with Gasteiger partial charge in [-0.25, -0.2) is 9.97 Å². The van der Waals surface area contributed by atoms with Gasteiger partial charge in [-0.1, -0.05) is 31.4 Å². The Hall–Kier alpha value is -1.90. The third-order valence-electron chi connectivity index (χ3n) is 4.03. The average molecular weight is 267 g/mol. The van der Waals surface area contributed by atoms with Gasteiger partial charge < -0.3 is 5.32 Å². The van der Waals surface area contributed by atoms with Crippen LogP contribution in [0.5, 0.6) is 0 Å². The molecule has 1 saturated carbocycles. The Morgan fingerprint density at radius 2 is 1.80 bits per heavy atom. The lowest BCUT2D eigenvalue weighted by Crippen LogP contribution is -2.06. The molecule has 20 heavy (non-hydrogen) atoms. The fourth-order valence-electron chi connectivity index (χ4n) is 2.94. The standard InChI is InChI=1S/C17H21N3/c1-2-6-14(7-3-1)15-8-4-9-16(12-15)20-13-17-18-10-5-11-19-17/h4-5,8-12,14,20H,1-3,6-7,13H2. The number of benzene rings is 1. The summed E-state index contributed by atoms with van der Waals surface area (Å²) >= 11 is 0. The molecule has 1 aromatic heterocycles. The van der Waals surface area contributed by atoms with Crippen LogP contribution in [0.4, 0.5) is 5.69 Å². The van der Waals surface area contributed by atoms with Gasteiger partial charge in [-0.3, -0.25) is 0 Å². The monoisotopic (exact) mass is 267 g/mol. The van der Waals surface area contributed by atoms with Crippen molar-refractivity contribution in [3.8, 4) is 0 Å². The topological polar surface area (TPSA) is 37.8 Å².